The highest BCUT2D eigenvalue weighted by atomic mass is 16.5. The van der Waals surface area contributed by atoms with Crippen molar-refractivity contribution in [3.8, 4) is 11.5 Å². The van der Waals surface area contributed by atoms with E-state index in [4.69, 9.17) is 13.9 Å². The minimum absolute atomic E-state index is 0.00692. The van der Waals surface area contributed by atoms with E-state index in [0.717, 1.165) is 16.9 Å². The lowest BCUT2D eigenvalue weighted by Crippen LogP contribution is -2.30. The quantitative estimate of drug-likeness (QED) is 0.218. The van der Waals surface area contributed by atoms with Crippen LogP contribution in [0.5, 0.6) is 11.5 Å². The van der Waals surface area contributed by atoms with E-state index in [1.165, 1.54) is 19.2 Å². The molecule has 1 aromatic carbocycles. The number of imide groups is 1. The Bertz CT molecular complexity index is 1150. The van der Waals surface area contributed by atoms with Gasteiger partial charge in [-0.3, -0.25) is 9.69 Å². The van der Waals surface area contributed by atoms with Crippen LogP contribution in [0.4, 0.5) is 4.79 Å². The SMILES string of the molecule is C=CCc1cc(/C=C2\NC(=O)N(Cc3ccc(C(=O)OC)o3)C2=O)cc(OCC)c1O[C@@H](C)CC. The van der Waals surface area contributed by atoms with Gasteiger partial charge in [0.05, 0.1) is 26.4 Å². The lowest BCUT2D eigenvalue weighted by atomic mass is 10.0. The monoisotopic (exact) mass is 482 g/mol. The zero-order valence-electron chi connectivity index (χ0n) is 20.4. The highest BCUT2D eigenvalue weighted by molar-refractivity contribution is 6.13. The maximum absolute atomic E-state index is 13.0. The molecule has 1 aliphatic rings. The van der Waals surface area contributed by atoms with Crippen LogP contribution < -0.4 is 14.8 Å². The molecule has 1 fully saturated rings. The van der Waals surface area contributed by atoms with Crippen molar-refractivity contribution in [2.75, 3.05) is 13.7 Å². The Balaban J connectivity index is 1.89. The molecule has 0 spiro atoms. The van der Waals surface area contributed by atoms with Crippen molar-refractivity contribution in [3.05, 3.63) is 65.3 Å². The summed E-state index contributed by atoms with van der Waals surface area (Å²) in [7, 11) is 1.24. The molecule has 186 valence electrons. The van der Waals surface area contributed by atoms with Gasteiger partial charge >= 0.3 is 12.0 Å². The van der Waals surface area contributed by atoms with Gasteiger partial charge in [0.1, 0.15) is 11.5 Å². The number of carbonyl (C=O) groups excluding carboxylic acids is 3. The first-order chi connectivity index (χ1) is 16.8. The Kier molecular flexibility index (Phi) is 8.35. The number of allylic oxidation sites excluding steroid dienone is 1. The highest BCUT2D eigenvalue weighted by Gasteiger charge is 2.34. The number of rotatable bonds is 11. The number of methoxy groups -OCH3 is 1. The predicted molar refractivity (Wildman–Crippen MR) is 129 cm³/mol. The average Bonchev–Trinajstić information content (AvgIpc) is 3.41. The Morgan fingerprint density at radius 2 is 2.03 bits per heavy atom. The van der Waals surface area contributed by atoms with Gasteiger partial charge in [-0.05, 0) is 62.6 Å². The molecular formula is C26H30N2O7. The first kappa shape index (κ1) is 25.6. The summed E-state index contributed by atoms with van der Waals surface area (Å²) < 4.78 is 21.9. The van der Waals surface area contributed by atoms with Crippen LogP contribution >= 0.6 is 0 Å². The topological polar surface area (TPSA) is 107 Å². The molecule has 3 rings (SSSR count). The molecule has 0 bridgehead atoms. The number of esters is 1. The molecule has 9 nitrogen and oxygen atoms in total. The number of urea groups is 1. The van der Waals surface area contributed by atoms with Crippen molar-refractivity contribution in [2.45, 2.75) is 46.3 Å². The van der Waals surface area contributed by atoms with Gasteiger partial charge < -0.3 is 23.9 Å². The lowest BCUT2D eigenvalue weighted by molar-refractivity contribution is -0.123. The van der Waals surface area contributed by atoms with E-state index >= 15 is 0 Å². The van der Waals surface area contributed by atoms with Gasteiger partial charge in [0.2, 0.25) is 5.76 Å². The lowest BCUT2D eigenvalue weighted by Gasteiger charge is -2.20. The summed E-state index contributed by atoms with van der Waals surface area (Å²) in [4.78, 5) is 38.0. The van der Waals surface area contributed by atoms with Crippen molar-refractivity contribution >= 4 is 24.0 Å². The molecule has 9 heteroatoms. The number of benzene rings is 1. The molecule has 2 aromatic rings. The zero-order chi connectivity index (χ0) is 25.5. The maximum atomic E-state index is 13.0. The van der Waals surface area contributed by atoms with Crippen molar-refractivity contribution in [3.63, 3.8) is 0 Å². The van der Waals surface area contributed by atoms with Gasteiger partial charge in [-0.25, -0.2) is 9.59 Å². The molecule has 0 unspecified atom stereocenters. The van der Waals surface area contributed by atoms with Gasteiger partial charge in [0.25, 0.3) is 5.91 Å². The number of ether oxygens (including phenoxy) is 3. The van der Waals surface area contributed by atoms with Crippen LogP contribution in [-0.4, -0.2) is 42.6 Å². The first-order valence-electron chi connectivity index (χ1n) is 11.4. The van der Waals surface area contributed by atoms with Crippen LogP contribution in [0.15, 0.2) is 47.0 Å². The molecule has 0 radical (unpaired) electrons. The van der Waals surface area contributed by atoms with Crippen LogP contribution in [0.25, 0.3) is 6.08 Å². The molecule has 1 aromatic heterocycles. The van der Waals surface area contributed by atoms with Crippen LogP contribution in [0.2, 0.25) is 0 Å². The molecule has 1 N–H and O–H groups in total. The highest BCUT2D eigenvalue weighted by Crippen LogP contribution is 2.36. The number of nitrogens with zero attached hydrogens (tertiary/aromatic N) is 1. The maximum Gasteiger partial charge on any atom is 0.373 e. The number of furan rings is 1. The number of hydrogen-bond donors (Lipinski definition) is 1. The van der Waals surface area contributed by atoms with Crippen LogP contribution in [0.1, 0.15) is 54.6 Å². The summed E-state index contributed by atoms with van der Waals surface area (Å²) in [6.07, 6.45) is 4.72. The van der Waals surface area contributed by atoms with E-state index in [1.807, 2.05) is 26.8 Å². The fraction of sp³-hybridized carbons (Fsp3) is 0.346. The minimum Gasteiger partial charge on any atom is -0.490 e. The summed E-state index contributed by atoms with van der Waals surface area (Å²) >= 11 is 0. The summed E-state index contributed by atoms with van der Waals surface area (Å²) in [5, 5.41) is 2.60. The third-order valence-electron chi connectivity index (χ3n) is 5.35. The van der Waals surface area contributed by atoms with Gasteiger partial charge in [-0.1, -0.05) is 13.0 Å². The molecule has 1 saturated heterocycles. The second-order valence-electron chi connectivity index (χ2n) is 7.91. The average molecular weight is 483 g/mol. The predicted octanol–water partition coefficient (Wildman–Crippen LogP) is 4.46. The largest absolute Gasteiger partial charge is 0.490 e. The van der Waals surface area contributed by atoms with E-state index in [2.05, 4.69) is 16.6 Å². The van der Waals surface area contributed by atoms with E-state index in [9.17, 15) is 14.4 Å². The van der Waals surface area contributed by atoms with Crippen molar-refractivity contribution in [1.82, 2.24) is 10.2 Å². The molecule has 35 heavy (non-hydrogen) atoms. The van der Waals surface area contributed by atoms with Crippen LogP contribution in [0.3, 0.4) is 0 Å². The second kappa shape index (κ2) is 11.4. The number of amides is 3. The summed E-state index contributed by atoms with van der Waals surface area (Å²) in [6, 6.07) is 6.01. The summed E-state index contributed by atoms with van der Waals surface area (Å²) in [5.74, 6) is 0.297. The number of carbonyl (C=O) groups is 3. The molecule has 1 atom stereocenters. The zero-order valence-corrected chi connectivity index (χ0v) is 20.4. The van der Waals surface area contributed by atoms with E-state index in [1.54, 1.807) is 18.2 Å². The molecule has 2 heterocycles. The molecule has 0 aliphatic carbocycles. The Morgan fingerprint density at radius 3 is 2.69 bits per heavy atom. The number of hydrogen-bond acceptors (Lipinski definition) is 7. The minimum atomic E-state index is -0.643. The first-order valence-corrected chi connectivity index (χ1v) is 11.4. The van der Waals surface area contributed by atoms with Crippen molar-refractivity contribution in [2.24, 2.45) is 0 Å². The normalized spacial score (nSPS) is 15.2. The van der Waals surface area contributed by atoms with E-state index in [-0.39, 0.29) is 29.9 Å². The second-order valence-corrected chi connectivity index (χ2v) is 7.91. The molecule has 1 aliphatic heterocycles. The molecular weight excluding hydrogens is 452 g/mol. The third kappa shape index (κ3) is 5.92. The van der Waals surface area contributed by atoms with Gasteiger partial charge in [-0.15, -0.1) is 6.58 Å². The molecule has 3 amide bonds. The van der Waals surface area contributed by atoms with Crippen molar-refractivity contribution in [1.29, 1.82) is 0 Å². The van der Waals surface area contributed by atoms with Crippen molar-refractivity contribution < 1.29 is 33.0 Å². The third-order valence-corrected chi connectivity index (χ3v) is 5.35. The molecule has 0 saturated carbocycles. The van der Waals surface area contributed by atoms with E-state index < -0.39 is 17.9 Å². The van der Waals surface area contributed by atoms with E-state index in [0.29, 0.717) is 30.1 Å². The Morgan fingerprint density at radius 1 is 1.26 bits per heavy atom. The standard InChI is InChI=1S/C26H30N2O7/c1-6-9-18-12-17(14-22(33-8-3)23(18)34-16(4)7-2)13-20-24(29)28(26(31)27-20)15-19-10-11-21(35-19)25(30)32-5/h6,10-14,16H,1,7-9,15H2,2-5H3,(H,27,31)/b20-13-/t16-/m0/s1. The van der Waals surface area contributed by atoms with Gasteiger partial charge in [-0.2, -0.15) is 0 Å². The Labute approximate surface area is 204 Å². The van der Waals surface area contributed by atoms with Gasteiger partial charge in [0, 0.05) is 5.56 Å². The number of nitrogens with one attached hydrogen (secondary N) is 1. The smallest absolute Gasteiger partial charge is 0.373 e. The Hall–Kier alpha value is -4.01. The van der Waals surface area contributed by atoms with Gasteiger partial charge in [0.15, 0.2) is 11.5 Å². The van der Waals surface area contributed by atoms with Crippen LogP contribution in [0, 0.1) is 0 Å². The van der Waals surface area contributed by atoms with Crippen LogP contribution in [-0.2, 0) is 22.5 Å². The fourth-order valence-electron chi connectivity index (χ4n) is 3.47. The fourth-order valence-corrected chi connectivity index (χ4v) is 3.47. The summed E-state index contributed by atoms with van der Waals surface area (Å²) in [5.41, 5.74) is 1.63. The summed E-state index contributed by atoms with van der Waals surface area (Å²) in [6.45, 7) is 10.0.